The lowest BCUT2D eigenvalue weighted by molar-refractivity contribution is -0.142. The fourth-order valence-corrected chi connectivity index (χ4v) is 6.37. The van der Waals surface area contributed by atoms with Crippen LogP contribution in [0.2, 0.25) is 0 Å². The quantitative estimate of drug-likeness (QED) is 0.913. The summed E-state index contributed by atoms with van der Waals surface area (Å²) in [7, 11) is -3.75. The predicted molar refractivity (Wildman–Crippen MR) is 93.5 cm³/mol. The zero-order valence-corrected chi connectivity index (χ0v) is 14.4. The van der Waals surface area contributed by atoms with Crippen molar-refractivity contribution < 1.29 is 18.3 Å². The number of carbonyl (C=O) groups is 1. The Morgan fingerprint density at radius 1 is 1.00 bits per heavy atom. The van der Waals surface area contributed by atoms with Crippen molar-refractivity contribution in [2.24, 2.45) is 5.92 Å². The highest BCUT2D eigenvalue weighted by Gasteiger charge is 2.54. The van der Waals surface area contributed by atoms with Crippen molar-refractivity contribution in [1.29, 1.82) is 0 Å². The summed E-state index contributed by atoms with van der Waals surface area (Å²) in [6.45, 7) is 0. The van der Waals surface area contributed by atoms with E-state index in [4.69, 9.17) is 0 Å². The van der Waals surface area contributed by atoms with Crippen molar-refractivity contribution in [3.8, 4) is 11.1 Å². The van der Waals surface area contributed by atoms with Gasteiger partial charge in [-0.25, -0.2) is 8.42 Å². The van der Waals surface area contributed by atoms with E-state index in [1.54, 1.807) is 18.2 Å². The van der Waals surface area contributed by atoms with Gasteiger partial charge in [-0.1, -0.05) is 48.5 Å². The molecular formula is C19H19NO4S. The minimum Gasteiger partial charge on any atom is -0.481 e. The number of aliphatic carboxylic acids is 1. The van der Waals surface area contributed by atoms with Crippen molar-refractivity contribution in [3.63, 3.8) is 0 Å². The average molecular weight is 357 g/mol. The van der Waals surface area contributed by atoms with Gasteiger partial charge >= 0.3 is 5.97 Å². The maximum atomic E-state index is 13.4. The molecule has 2 fully saturated rings. The summed E-state index contributed by atoms with van der Waals surface area (Å²) < 4.78 is 28.2. The SMILES string of the molecule is O=C(O)C1CC2CCC1N2S(=O)(=O)c1ccccc1-c1ccccc1. The van der Waals surface area contributed by atoms with Crippen LogP contribution in [-0.4, -0.2) is 35.9 Å². The van der Waals surface area contributed by atoms with E-state index in [1.165, 1.54) is 4.31 Å². The maximum absolute atomic E-state index is 13.4. The summed E-state index contributed by atoms with van der Waals surface area (Å²) in [5, 5.41) is 9.40. The normalized spacial score (nSPS) is 26.0. The van der Waals surface area contributed by atoms with Gasteiger partial charge in [-0.3, -0.25) is 4.79 Å². The van der Waals surface area contributed by atoms with E-state index in [-0.39, 0.29) is 10.9 Å². The fourth-order valence-electron chi connectivity index (χ4n) is 4.24. The zero-order chi connectivity index (χ0) is 17.6. The van der Waals surface area contributed by atoms with Crippen molar-refractivity contribution in [2.45, 2.75) is 36.2 Å². The van der Waals surface area contributed by atoms with E-state index in [1.807, 2.05) is 36.4 Å². The molecule has 3 atom stereocenters. The molecule has 6 heteroatoms. The van der Waals surface area contributed by atoms with Gasteiger partial charge in [0.2, 0.25) is 10.0 Å². The Bertz CT molecular complexity index is 910. The molecule has 0 aromatic heterocycles. The number of rotatable bonds is 4. The monoisotopic (exact) mass is 357 g/mol. The number of benzene rings is 2. The predicted octanol–water partition coefficient (Wildman–Crippen LogP) is 2.98. The molecule has 2 bridgehead atoms. The molecule has 2 aromatic rings. The molecule has 2 saturated heterocycles. The Kier molecular flexibility index (Phi) is 3.89. The number of fused-ring (bicyclic) bond motifs is 2. The number of carboxylic acid groups (broad SMARTS) is 1. The minimum atomic E-state index is -3.75. The van der Waals surface area contributed by atoms with Crippen LogP contribution in [0, 0.1) is 5.92 Å². The van der Waals surface area contributed by atoms with Crippen molar-refractivity contribution in [3.05, 3.63) is 54.6 Å². The van der Waals surface area contributed by atoms with Crippen molar-refractivity contribution in [1.82, 2.24) is 4.31 Å². The molecule has 0 aliphatic carbocycles. The van der Waals surface area contributed by atoms with Gasteiger partial charge in [0.15, 0.2) is 0 Å². The van der Waals surface area contributed by atoms with Gasteiger partial charge < -0.3 is 5.11 Å². The molecule has 0 radical (unpaired) electrons. The van der Waals surface area contributed by atoms with Gasteiger partial charge in [-0.05, 0) is 30.9 Å². The molecule has 2 aromatic carbocycles. The largest absolute Gasteiger partial charge is 0.481 e. The molecule has 2 aliphatic heterocycles. The van der Waals surface area contributed by atoms with Gasteiger partial charge in [0.1, 0.15) is 0 Å². The zero-order valence-electron chi connectivity index (χ0n) is 13.6. The first-order chi connectivity index (χ1) is 12.0. The van der Waals surface area contributed by atoms with Crippen LogP contribution in [0.25, 0.3) is 11.1 Å². The number of nitrogens with zero attached hydrogens (tertiary/aromatic N) is 1. The highest BCUT2D eigenvalue weighted by molar-refractivity contribution is 7.89. The Morgan fingerprint density at radius 2 is 1.68 bits per heavy atom. The smallest absolute Gasteiger partial charge is 0.308 e. The summed E-state index contributed by atoms with van der Waals surface area (Å²) in [4.78, 5) is 11.7. The maximum Gasteiger partial charge on any atom is 0.308 e. The summed E-state index contributed by atoms with van der Waals surface area (Å²) in [6, 6.07) is 15.7. The van der Waals surface area contributed by atoms with Crippen LogP contribution in [0.1, 0.15) is 19.3 Å². The lowest BCUT2D eigenvalue weighted by Crippen LogP contribution is -2.38. The van der Waals surface area contributed by atoms with Crippen LogP contribution < -0.4 is 0 Å². The molecule has 25 heavy (non-hydrogen) atoms. The lowest BCUT2D eigenvalue weighted by atomic mass is 9.89. The second-order valence-corrected chi connectivity index (χ2v) is 8.49. The van der Waals surface area contributed by atoms with Gasteiger partial charge in [-0.2, -0.15) is 4.31 Å². The first kappa shape index (κ1) is 16.3. The standard InChI is InChI=1S/C19H19NO4S/c21-19(22)16-12-14-10-11-17(16)20(14)25(23,24)18-9-5-4-8-15(18)13-6-2-1-3-7-13/h1-9,14,16-17H,10-12H2,(H,21,22). The van der Waals surface area contributed by atoms with Crippen LogP contribution >= 0.6 is 0 Å². The van der Waals surface area contributed by atoms with Crippen molar-refractivity contribution >= 4 is 16.0 Å². The van der Waals surface area contributed by atoms with Crippen LogP contribution in [0.5, 0.6) is 0 Å². The van der Waals surface area contributed by atoms with E-state index in [0.29, 0.717) is 18.4 Å². The Labute approximate surface area is 147 Å². The molecule has 130 valence electrons. The molecule has 2 heterocycles. The van der Waals surface area contributed by atoms with Crippen molar-refractivity contribution in [2.75, 3.05) is 0 Å². The third kappa shape index (κ3) is 2.56. The number of sulfonamides is 1. The third-order valence-corrected chi connectivity index (χ3v) is 7.35. The average Bonchev–Trinajstić information content (AvgIpc) is 3.21. The first-order valence-corrected chi connectivity index (χ1v) is 9.85. The molecule has 2 aliphatic rings. The molecular weight excluding hydrogens is 338 g/mol. The van der Waals surface area contributed by atoms with Gasteiger partial charge in [0, 0.05) is 17.6 Å². The summed E-state index contributed by atoms with van der Waals surface area (Å²) in [6.07, 6.45) is 1.77. The van der Waals surface area contributed by atoms with Gasteiger partial charge in [0.05, 0.1) is 10.8 Å². The molecule has 3 unspecified atom stereocenters. The summed E-state index contributed by atoms with van der Waals surface area (Å²) in [5.74, 6) is -1.50. The van der Waals surface area contributed by atoms with Crippen LogP contribution in [0.3, 0.4) is 0 Å². The van der Waals surface area contributed by atoms with Gasteiger partial charge in [-0.15, -0.1) is 0 Å². The lowest BCUT2D eigenvalue weighted by Gasteiger charge is -2.24. The molecule has 5 nitrogen and oxygen atoms in total. The number of hydrogen-bond acceptors (Lipinski definition) is 3. The van der Waals surface area contributed by atoms with Gasteiger partial charge in [0.25, 0.3) is 0 Å². The Balaban J connectivity index is 1.79. The van der Waals surface area contributed by atoms with E-state index < -0.39 is 28.0 Å². The second-order valence-electron chi connectivity index (χ2n) is 6.68. The highest BCUT2D eigenvalue weighted by Crippen LogP contribution is 2.46. The summed E-state index contributed by atoms with van der Waals surface area (Å²) in [5.41, 5.74) is 1.49. The fraction of sp³-hybridized carbons (Fsp3) is 0.316. The molecule has 0 saturated carbocycles. The van der Waals surface area contributed by atoms with E-state index in [0.717, 1.165) is 12.0 Å². The van der Waals surface area contributed by atoms with Crippen LogP contribution in [0.15, 0.2) is 59.5 Å². The van der Waals surface area contributed by atoms with Crippen LogP contribution in [-0.2, 0) is 14.8 Å². The number of carboxylic acids is 1. The highest BCUT2D eigenvalue weighted by atomic mass is 32.2. The molecule has 1 N–H and O–H groups in total. The Morgan fingerprint density at radius 3 is 2.36 bits per heavy atom. The Hall–Kier alpha value is -2.18. The van der Waals surface area contributed by atoms with E-state index in [9.17, 15) is 18.3 Å². The van der Waals surface area contributed by atoms with E-state index in [2.05, 4.69) is 0 Å². The summed E-state index contributed by atoms with van der Waals surface area (Å²) >= 11 is 0. The molecule has 0 spiro atoms. The number of hydrogen-bond donors (Lipinski definition) is 1. The third-order valence-electron chi connectivity index (χ3n) is 5.32. The minimum absolute atomic E-state index is 0.208. The van der Waals surface area contributed by atoms with Crippen LogP contribution in [0.4, 0.5) is 0 Å². The topological polar surface area (TPSA) is 74.7 Å². The first-order valence-electron chi connectivity index (χ1n) is 8.41. The molecule has 0 amide bonds. The second kappa shape index (κ2) is 5.97. The van der Waals surface area contributed by atoms with E-state index >= 15 is 0 Å². The molecule has 4 rings (SSSR count).